The Morgan fingerprint density at radius 2 is 1.93 bits per heavy atom. The maximum Gasteiger partial charge on any atom is 0.412 e. The van der Waals surface area contributed by atoms with Crippen molar-refractivity contribution in [2.45, 2.75) is 56.5 Å². The summed E-state index contributed by atoms with van der Waals surface area (Å²) >= 11 is 6.14. The molecule has 2 bridgehead atoms. The van der Waals surface area contributed by atoms with Crippen LogP contribution in [0.4, 0.5) is 31.0 Å². The summed E-state index contributed by atoms with van der Waals surface area (Å²) in [4.78, 5) is 57.9. The first-order valence-electron chi connectivity index (χ1n) is 15.2. The van der Waals surface area contributed by atoms with Gasteiger partial charge in [-0.1, -0.05) is 30.5 Å². The van der Waals surface area contributed by atoms with Gasteiger partial charge in [0.05, 0.1) is 47.2 Å². The van der Waals surface area contributed by atoms with Crippen LogP contribution in [0.25, 0.3) is 11.1 Å². The van der Waals surface area contributed by atoms with Gasteiger partial charge in [-0.05, 0) is 67.6 Å². The lowest BCUT2D eigenvalue weighted by atomic mass is 9.82. The minimum absolute atomic E-state index is 0.0308. The number of piperidine rings is 1. The van der Waals surface area contributed by atoms with E-state index in [2.05, 4.69) is 20.9 Å². The van der Waals surface area contributed by atoms with E-state index in [1.54, 1.807) is 41.4 Å². The molecule has 1 spiro atoms. The summed E-state index contributed by atoms with van der Waals surface area (Å²) in [5.74, 6) is -1.69. The Bertz CT molecular complexity index is 1720. The zero-order valence-electron chi connectivity index (χ0n) is 25.2. The van der Waals surface area contributed by atoms with Crippen molar-refractivity contribution >= 4 is 52.7 Å². The molecule has 0 unspecified atom stereocenters. The Morgan fingerprint density at radius 3 is 2.76 bits per heavy atom. The lowest BCUT2D eigenvalue weighted by molar-refractivity contribution is -0.141. The Kier molecular flexibility index (Phi) is 8.81. The standard InChI is InChI=1S/C33H33ClFN5O6/c1-45-31(43)37-20-8-9-21-19-12-14-36-25(16-19)22(6-3-2-4-7-27(41)38-26(21)17-20)30(42)40-15-5-13-33(18-40)28-24(39-32(44)46-33)11-10-23(34)29(28)35/h8-12,14,16-17,22H,2-7,13,15,18H2,1H3,(H,37,43)(H,38,41)(H,39,44)/t22-,33+/m1/s1. The van der Waals surface area contributed by atoms with Crippen molar-refractivity contribution in [3.8, 4) is 11.1 Å². The molecular formula is C33H33ClFN5O6. The van der Waals surface area contributed by atoms with E-state index in [1.165, 1.54) is 13.2 Å². The van der Waals surface area contributed by atoms with Gasteiger partial charge in [-0.3, -0.25) is 25.2 Å². The van der Waals surface area contributed by atoms with Crippen molar-refractivity contribution < 1.29 is 33.0 Å². The molecule has 1 fully saturated rings. The van der Waals surface area contributed by atoms with E-state index in [-0.39, 0.29) is 41.1 Å². The second-order valence-corrected chi connectivity index (χ2v) is 12.1. The number of rotatable bonds is 2. The molecule has 3 aliphatic rings. The second-order valence-electron chi connectivity index (χ2n) is 11.7. The quantitative estimate of drug-likeness (QED) is 0.278. The third-order valence-electron chi connectivity index (χ3n) is 8.71. The highest BCUT2D eigenvalue weighted by Gasteiger charge is 2.49. The summed E-state index contributed by atoms with van der Waals surface area (Å²) in [5, 5.41) is 8.04. The van der Waals surface area contributed by atoms with Gasteiger partial charge in [0, 0.05) is 30.4 Å². The van der Waals surface area contributed by atoms with Crippen molar-refractivity contribution in [2.75, 3.05) is 36.1 Å². The van der Waals surface area contributed by atoms with Gasteiger partial charge < -0.3 is 19.7 Å². The molecule has 4 amide bonds. The number of nitrogens with one attached hydrogen (secondary N) is 3. The van der Waals surface area contributed by atoms with Crippen LogP contribution in [0.3, 0.4) is 0 Å². The molecule has 3 aliphatic heterocycles. The normalized spacial score (nSPS) is 21.2. The summed E-state index contributed by atoms with van der Waals surface area (Å²) in [6, 6.07) is 11.7. The van der Waals surface area contributed by atoms with Crippen molar-refractivity contribution in [3.63, 3.8) is 0 Å². The first-order chi connectivity index (χ1) is 22.2. The number of aromatic nitrogens is 1. The molecule has 240 valence electrons. The minimum Gasteiger partial charge on any atom is -0.453 e. The van der Waals surface area contributed by atoms with Gasteiger partial charge >= 0.3 is 12.2 Å². The fourth-order valence-electron chi connectivity index (χ4n) is 6.56. The molecule has 2 atom stereocenters. The fraction of sp³-hybridized carbons (Fsp3) is 0.364. The number of hydrogen-bond acceptors (Lipinski definition) is 7. The van der Waals surface area contributed by atoms with E-state index in [1.807, 2.05) is 6.07 Å². The van der Waals surface area contributed by atoms with E-state index >= 15 is 4.39 Å². The molecule has 4 heterocycles. The molecule has 1 saturated heterocycles. The number of pyridine rings is 1. The Hall–Kier alpha value is -4.71. The molecule has 0 saturated carbocycles. The van der Waals surface area contributed by atoms with E-state index in [9.17, 15) is 19.2 Å². The van der Waals surface area contributed by atoms with Crippen LogP contribution in [0, 0.1) is 5.82 Å². The lowest BCUT2D eigenvalue weighted by Crippen LogP contribution is -2.54. The molecule has 3 aromatic rings. The summed E-state index contributed by atoms with van der Waals surface area (Å²) < 4.78 is 25.9. The van der Waals surface area contributed by atoms with Crippen LogP contribution in [-0.4, -0.2) is 54.1 Å². The number of halogens is 2. The van der Waals surface area contributed by atoms with Crippen molar-refractivity contribution in [3.05, 3.63) is 70.8 Å². The monoisotopic (exact) mass is 649 g/mol. The summed E-state index contributed by atoms with van der Waals surface area (Å²) in [7, 11) is 1.26. The van der Waals surface area contributed by atoms with Gasteiger partial charge in [-0.2, -0.15) is 0 Å². The predicted molar refractivity (Wildman–Crippen MR) is 169 cm³/mol. The molecule has 13 heteroatoms. The Balaban J connectivity index is 1.35. The van der Waals surface area contributed by atoms with Gasteiger partial charge in [-0.15, -0.1) is 0 Å². The highest BCUT2D eigenvalue weighted by atomic mass is 35.5. The average molecular weight is 650 g/mol. The van der Waals surface area contributed by atoms with Crippen LogP contribution in [0.15, 0.2) is 48.7 Å². The third kappa shape index (κ3) is 6.21. The van der Waals surface area contributed by atoms with E-state index in [0.29, 0.717) is 67.7 Å². The van der Waals surface area contributed by atoms with Gasteiger partial charge in [0.15, 0.2) is 11.4 Å². The third-order valence-corrected chi connectivity index (χ3v) is 9.00. The molecule has 3 N–H and O–H groups in total. The van der Waals surface area contributed by atoms with Crippen molar-refractivity contribution in [2.24, 2.45) is 0 Å². The van der Waals surface area contributed by atoms with E-state index in [0.717, 1.165) is 5.56 Å². The Morgan fingerprint density at radius 1 is 1.09 bits per heavy atom. The molecule has 1 aromatic heterocycles. The van der Waals surface area contributed by atoms with Gasteiger partial charge in [-0.25, -0.2) is 14.0 Å². The number of methoxy groups -OCH3 is 1. The largest absolute Gasteiger partial charge is 0.453 e. The van der Waals surface area contributed by atoms with Crippen molar-refractivity contribution in [1.82, 2.24) is 9.88 Å². The van der Waals surface area contributed by atoms with Gasteiger partial charge in [0.1, 0.15) is 0 Å². The number of ether oxygens (including phenoxy) is 2. The van der Waals surface area contributed by atoms with Crippen LogP contribution >= 0.6 is 11.6 Å². The smallest absolute Gasteiger partial charge is 0.412 e. The molecule has 0 radical (unpaired) electrons. The number of amides is 4. The first kappa shape index (κ1) is 31.3. The minimum atomic E-state index is -1.39. The maximum atomic E-state index is 15.5. The topological polar surface area (TPSA) is 139 Å². The van der Waals surface area contributed by atoms with Gasteiger partial charge in [0.2, 0.25) is 11.8 Å². The number of hydrogen-bond donors (Lipinski definition) is 3. The number of benzene rings is 2. The fourth-order valence-corrected chi connectivity index (χ4v) is 6.71. The Labute approximate surface area is 269 Å². The summed E-state index contributed by atoms with van der Waals surface area (Å²) in [6.07, 6.45) is 3.82. The van der Waals surface area contributed by atoms with E-state index < -0.39 is 29.5 Å². The second kappa shape index (κ2) is 13.0. The van der Waals surface area contributed by atoms with Crippen LogP contribution < -0.4 is 16.0 Å². The number of likely N-dealkylation sites (tertiary alicyclic amines) is 1. The number of carbonyl (C=O) groups is 4. The number of fused-ring (bicyclic) bond motifs is 6. The molecule has 2 aromatic carbocycles. The van der Waals surface area contributed by atoms with Crippen LogP contribution in [0.2, 0.25) is 5.02 Å². The zero-order chi connectivity index (χ0) is 32.4. The highest BCUT2D eigenvalue weighted by Crippen LogP contribution is 2.46. The molecular weight excluding hydrogens is 617 g/mol. The highest BCUT2D eigenvalue weighted by molar-refractivity contribution is 6.31. The van der Waals surface area contributed by atoms with Crippen molar-refractivity contribution in [1.29, 1.82) is 0 Å². The predicted octanol–water partition coefficient (Wildman–Crippen LogP) is 6.79. The first-order valence-corrected chi connectivity index (χ1v) is 15.6. The zero-order valence-corrected chi connectivity index (χ0v) is 25.9. The number of nitrogens with zero attached hydrogens (tertiary/aromatic N) is 2. The van der Waals surface area contributed by atoms with Gasteiger partial charge in [0.25, 0.3) is 0 Å². The molecule has 0 aliphatic carbocycles. The molecule has 11 nitrogen and oxygen atoms in total. The van der Waals surface area contributed by atoms with Crippen LogP contribution in [0.1, 0.15) is 62.1 Å². The molecule has 6 rings (SSSR count). The number of anilines is 3. The lowest BCUT2D eigenvalue weighted by Gasteiger charge is -2.45. The van der Waals surface area contributed by atoms with E-state index in [4.69, 9.17) is 21.1 Å². The van der Waals surface area contributed by atoms with Crippen LogP contribution in [0.5, 0.6) is 0 Å². The SMILES string of the molecule is COC(=O)Nc1ccc2c(c1)NC(=O)CCCCC[C@@H](C(=O)N1CCC[C@@]3(C1)OC(=O)Nc1ccc(Cl)c(F)c13)c1cc-2ccn1. The summed E-state index contributed by atoms with van der Waals surface area (Å²) in [5.41, 5.74) is 1.90. The molecule has 46 heavy (non-hydrogen) atoms. The number of carbonyl (C=O) groups excluding carboxylic acids is 4. The average Bonchev–Trinajstić information content (AvgIpc) is 3.04. The van der Waals surface area contributed by atoms with Crippen LogP contribution in [-0.2, 0) is 24.7 Å². The maximum absolute atomic E-state index is 15.5. The summed E-state index contributed by atoms with van der Waals surface area (Å²) in [6.45, 7) is 0.368.